The van der Waals surface area contributed by atoms with Crippen LogP contribution in [0.25, 0.3) is 0 Å². The second kappa shape index (κ2) is 6.12. The standard InChI is InChI=1S/C14H10Br2N2O/c15-10-7-5-9(6-8-10)13(17)18-14(19)11-3-1-2-4-12(11)16/h1-8H,(H2,17,18,19). The average Bonchev–Trinajstić information content (AvgIpc) is 2.39. The molecule has 0 saturated heterocycles. The Morgan fingerprint density at radius 1 is 1.00 bits per heavy atom. The van der Waals surface area contributed by atoms with Gasteiger partial charge in [0.05, 0.1) is 5.56 Å². The quantitative estimate of drug-likeness (QED) is 0.600. The van der Waals surface area contributed by atoms with Crippen LogP contribution in [0.4, 0.5) is 0 Å². The van der Waals surface area contributed by atoms with E-state index in [0.717, 1.165) is 4.47 Å². The van der Waals surface area contributed by atoms with E-state index in [4.69, 9.17) is 5.41 Å². The van der Waals surface area contributed by atoms with E-state index in [2.05, 4.69) is 37.2 Å². The van der Waals surface area contributed by atoms with Gasteiger partial charge in [-0.1, -0.05) is 40.2 Å². The van der Waals surface area contributed by atoms with Gasteiger partial charge in [0.15, 0.2) is 0 Å². The van der Waals surface area contributed by atoms with E-state index in [1.807, 2.05) is 18.2 Å². The van der Waals surface area contributed by atoms with Gasteiger partial charge in [-0.05, 0) is 40.2 Å². The number of hydrogen-bond donors (Lipinski definition) is 2. The van der Waals surface area contributed by atoms with Crippen LogP contribution < -0.4 is 5.32 Å². The summed E-state index contributed by atoms with van der Waals surface area (Å²) in [6.07, 6.45) is 0. The smallest absolute Gasteiger partial charge is 0.257 e. The molecule has 2 N–H and O–H groups in total. The Balaban J connectivity index is 2.13. The zero-order valence-electron chi connectivity index (χ0n) is 9.78. The number of amides is 1. The van der Waals surface area contributed by atoms with Crippen molar-refractivity contribution in [2.24, 2.45) is 0 Å². The first kappa shape index (κ1) is 14.0. The van der Waals surface area contributed by atoms with Gasteiger partial charge in [-0.2, -0.15) is 0 Å². The maximum Gasteiger partial charge on any atom is 0.257 e. The second-order valence-corrected chi connectivity index (χ2v) is 5.59. The van der Waals surface area contributed by atoms with Crippen LogP contribution in [0.2, 0.25) is 0 Å². The van der Waals surface area contributed by atoms with Crippen LogP contribution in [0.1, 0.15) is 15.9 Å². The average molecular weight is 382 g/mol. The largest absolute Gasteiger partial charge is 0.307 e. The summed E-state index contributed by atoms with van der Waals surface area (Å²) in [5.41, 5.74) is 1.16. The third kappa shape index (κ3) is 3.52. The van der Waals surface area contributed by atoms with Crippen molar-refractivity contribution in [2.75, 3.05) is 0 Å². The Hall–Kier alpha value is -1.46. The van der Waals surface area contributed by atoms with Crippen molar-refractivity contribution in [3.05, 3.63) is 68.6 Å². The molecule has 0 radical (unpaired) electrons. The number of halogens is 2. The van der Waals surface area contributed by atoms with Gasteiger partial charge >= 0.3 is 0 Å². The van der Waals surface area contributed by atoms with Crippen molar-refractivity contribution in [1.29, 1.82) is 5.41 Å². The van der Waals surface area contributed by atoms with E-state index in [1.54, 1.807) is 30.3 Å². The summed E-state index contributed by atoms with van der Waals surface area (Å²) in [6, 6.07) is 14.3. The number of rotatable bonds is 2. The first-order valence-electron chi connectivity index (χ1n) is 5.48. The molecule has 0 aromatic heterocycles. The summed E-state index contributed by atoms with van der Waals surface area (Å²) in [5, 5.41) is 10.5. The zero-order valence-corrected chi connectivity index (χ0v) is 13.0. The second-order valence-electron chi connectivity index (χ2n) is 3.82. The molecule has 2 rings (SSSR count). The highest BCUT2D eigenvalue weighted by Crippen LogP contribution is 2.16. The summed E-state index contributed by atoms with van der Waals surface area (Å²) in [7, 11) is 0. The lowest BCUT2D eigenvalue weighted by Crippen LogP contribution is -2.30. The highest BCUT2D eigenvalue weighted by atomic mass is 79.9. The van der Waals surface area contributed by atoms with Gasteiger partial charge in [-0.15, -0.1) is 0 Å². The molecule has 0 unspecified atom stereocenters. The Kier molecular flexibility index (Phi) is 4.50. The van der Waals surface area contributed by atoms with Crippen molar-refractivity contribution < 1.29 is 4.79 Å². The van der Waals surface area contributed by atoms with Gasteiger partial charge in [0, 0.05) is 14.5 Å². The minimum Gasteiger partial charge on any atom is -0.307 e. The molecule has 0 bridgehead atoms. The SMILES string of the molecule is N=C(NC(=O)c1ccccc1Br)c1ccc(Br)cc1. The van der Waals surface area contributed by atoms with E-state index in [9.17, 15) is 4.79 Å². The van der Waals surface area contributed by atoms with E-state index < -0.39 is 0 Å². The van der Waals surface area contributed by atoms with Gasteiger partial charge in [-0.3, -0.25) is 10.2 Å². The Labute approximate surface area is 127 Å². The fourth-order valence-electron chi connectivity index (χ4n) is 1.51. The van der Waals surface area contributed by atoms with Crippen molar-refractivity contribution in [2.45, 2.75) is 0 Å². The minimum atomic E-state index is -0.305. The molecular weight excluding hydrogens is 372 g/mol. The van der Waals surface area contributed by atoms with Crippen molar-refractivity contribution in [3.63, 3.8) is 0 Å². The molecule has 0 heterocycles. The highest BCUT2D eigenvalue weighted by Gasteiger charge is 2.11. The Morgan fingerprint density at radius 2 is 1.63 bits per heavy atom. The molecule has 0 aliphatic rings. The van der Waals surface area contributed by atoms with Crippen molar-refractivity contribution >= 4 is 43.6 Å². The Bertz CT molecular complexity index is 624. The lowest BCUT2D eigenvalue weighted by Gasteiger charge is -2.08. The first-order valence-corrected chi connectivity index (χ1v) is 7.07. The minimum absolute atomic E-state index is 0.0771. The summed E-state index contributed by atoms with van der Waals surface area (Å²) >= 11 is 6.64. The predicted octanol–water partition coefficient (Wildman–Crippen LogP) is 3.97. The molecule has 5 heteroatoms. The number of amidine groups is 1. The molecule has 1 amide bonds. The molecule has 2 aromatic carbocycles. The lowest BCUT2D eigenvalue weighted by atomic mass is 10.2. The maximum absolute atomic E-state index is 12.0. The van der Waals surface area contributed by atoms with Crippen LogP contribution >= 0.6 is 31.9 Å². The monoisotopic (exact) mass is 380 g/mol. The summed E-state index contributed by atoms with van der Waals surface area (Å²) in [5.74, 6) is -0.228. The van der Waals surface area contributed by atoms with Crippen molar-refractivity contribution in [3.8, 4) is 0 Å². The maximum atomic E-state index is 12.0. The molecular formula is C14H10Br2N2O. The van der Waals surface area contributed by atoms with Crippen LogP contribution in [0.5, 0.6) is 0 Å². The summed E-state index contributed by atoms with van der Waals surface area (Å²) < 4.78 is 1.64. The number of carbonyl (C=O) groups is 1. The van der Waals surface area contributed by atoms with Gasteiger partial charge in [0.1, 0.15) is 5.84 Å². The highest BCUT2D eigenvalue weighted by molar-refractivity contribution is 9.10. The van der Waals surface area contributed by atoms with Gasteiger partial charge in [-0.25, -0.2) is 0 Å². The van der Waals surface area contributed by atoms with Gasteiger partial charge in [0.25, 0.3) is 5.91 Å². The van der Waals surface area contributed by atoms with Crippen LogP contribution in [0.3, 0.4) is 0 Å². The number of carbonyl (C=O) groups excluding carboxylic acids is 1. The lowest BCUT2D eigenvalue weighted by molar-refractivity contribution is 0.0976. The van der Waals surface area contributed by atoms with Crippen molar-refractivity contribution in [1.82, 2.24) is 5.32 Å². The van der Waals surface area contributed by atoms with Gasteiger partial charge in [0.2, 0.25) is 0 Å². The third-order valence-electron chi connectivity index (χ3n) is 2.49. The van der Waals surface area contributed by atoms with Crippen LogP contribution in [-0.2, 0) is 0 Å². The molecule has 0 aliphatic heterocycles. The molecule has 96 valence electrons. The first-order chi connectivity index (χ1) is 9.08. The third-order valence-corrected chi connectivity index (χ3v) is 3.71. The number of nitrogens with one attached hydrogen (secondary N) is 2. The van der Waals surface area contributed by atoms with Gasteiger partial charge < -0.3 is 5.32 Å². The van der Waals surface area contributed by atoms with E-state index in [0.29, 0.717) is 15.6 Å². The molecule has 19 heavy (non-hydrogen) atoms. The van der Waals surface area contributed by atoms with E-state index >= 15 is 0 Å². The van der Waals surface area contributed by atoms with E-state index in [-0.39, 0.29) is 11.7 Å². The fourth-order valence-corrected chi connectivity index (χ4v) is 2.24. The molecule has 0 aliphatic carbocycles. The molecule has 0 spiro atoms. The number of benzene rings is 2. The zero-order chi connectivity index (χ0) is 13.8. The van der Waals surface area contributed by atoms with Crippen LogP contribution in [0.15, 0.2) is 57.5 Å². The van der Waals surface area contributed by atoms with Crippen LogP contribution in [-0.4, -0.2) is 11.7 Å². The normalized spacial score (nSPS) is 10.0. The number of hydrogen-bond acceptors (Lipinski definition) is 2. The van der Waals surface area contributed by atoms with Crippen LogP contribution in [0, 0.1) is 5.41 Å². The van der Waals surface area contributed by atoms with E-state index in [1.165, 1.54) is 0 Å². The molecule has 0 fully saturated rings. The molecule has 0 atom stereocenters. The molecule has 2 aromatic rings. The molecule has 0 saturated carbocycles. The fraction of sp³-hybridized carbons (Fsp3) is 0. The topological polar surface area (TPSA) is 53.0 Å². The summed E-state index contributed by atoms with van der Waals surface area (Å²) in [6.45, 7) is 0. The Morgan fingerprint density at radius 3 is 2.26 bits per heavy atom. The molecule has 3 nitrogen and oxygen atoms in total. The predicted molar refractivity (Wildman–Crippen MR) is 82.6 cm³/mol. The summed E-state index contributed by atoms with van der Waals surface area (Å²) in [4.78, 5) is 12.0.